The second kappa shape index (κ2) is 6.61. The molecule has 0 aliphatic heterocycles. The van der Waals surface area contributed by atoms with Gasteiger partial charge in [0, 0.05) is 11.9 Å². The number of nitrogens with one attached hydrogen (secondary N) is 1. The second-order valence-electron chi connectivity index (χ2n) is 3.37. The van der Waals surface area contributed by atoms with Gasteiger partial charge in [-0.1, -0.05) is 0 Å². The van der Waals surface area contributed by atoms with Gasteiger partial charge in [-0.15, -0.1) is 11.3 Å². The molecule has 19 heavy (non-hydrogen) atoms. The Bertz CT molecular complexity index is 565. The highest BCUT2D eigenvalue weighted by atomic mass is 32.2. The van der Waals surface area contributed by atoms with Crippen LogP contribution in [0.3, 0.4) is 0 Å². The van der Waals surface area contributed by atoms with Crippen LogP contribution < -0.4 is 10.5 Å². The molecule has 0 fully saturated rings. The fourth-order valence-electron chi connectivity index (χ4n) is 1.08. The zero-order valence-corrected chi connectivity index (χ0v) is 11.3. The smallest absolute Gasteiger partial charge is 0.345 e. The number of carboxylic acid groups (broad SMARTS) is 1. The summed E-state index contributed by atoms with van der Waals surface area (Å²) in [7, 11) is -3.77. The van der Waals surface area contributed by atoms with Crippen LogP contribution in [-0.2, 0) is 19.6 Å². The summed E-state index contributed by atoms with van der Waals surface area (Å²) >= 11 is 0.821. The number of primary amides is 1. The predicted octanol–water partition coefficient (Wildman–Crippen LogP) is -0.773. The first-order valence-electron chi connectivity index (χ1n) is 5.00. The lowest BCUT2D eigenvalue weighted by atomic mass is 10.5. The number of rotatable bonds is 8. The number of nitrogens with two attached hydrogens (primary N) is 1. The van der Waals surface area contributed by atoms with Crippen molar-refractivity contribution in [3.05, 3.63) is 16.3 Å². The number of aromatic carboxylic acids is 1. The van der Waals surface area contributed by atoms with Crippen LogP contribution in [0.1, 0.15) is 9.67 Å². The fraction of sp³-hybridized carbons (Fsp3) is 0.333. The van der Waals surface area contributed by atoms with Gasteiger partial charge in [-0.3, -0.25) is 4.79 Å². The first-order chi connectivity index (χ1) is 8.83. The zero-order valence-electron chi connectivity index (χ0n) is 9.66. The Morgan fingerprint density at radius 3 is 2.68 bits per heavy atom. The highest BCUT2D eigenvalue weighted by Crippen LogP contribution is 2.18. The third-order valence-corrected chi connectivity index (χ3v) is 4.39. The van der Waals surface area contributed by atoms with Crippen LogP contribution in [-0.4, -0.2) is 45.2 Å². The lowest BCUT2D eigenvalue weighted by molar-refractivity contribution is -0.122. The number of thiophene rings is 1. The van der Waals surface area contributed by atoms with Gasteiger partial charge < -0.3 is 15.6 Å². The molecule has 1 amide bonds. The van der Waals surface area contributed by atoms with Crippen LogP contribution in [0.25, 0.3) is 0 Å². The molecule has 106 valence electrons. The molecule has 0 radical (unpaired) electrons. The molecule has 8 nitrogen and oxygen atoms in total. The van der Waals surface area contributed by atoms with E-state index in [9.17, 15) is 18.0 Å². The first kappa shape index (κ1) is 15.6. The molecular formula is C9H12N2O6S2. The maximum Gasteiger partial charge on any atom is 0.345 e. The van der Waals surface area contributed by atoms with Gasteiger partial charge >= 0.3 is 5.97 Å². The predicted molar refractivity (Wildman–Crippen MR) is 66.5 cm³/mol. The van der Waals surface area contributed by atoms with Crippen molar-refractivity contribution >= 4 is 33.2 Å². The molecule has 0 aliphatic carbocycles. The molecule has 0 saturated heterocycles. The molecule has 0 atom stereocenters. The van der Waals surface area contributed by atoms with Crippen molar-refractivity contribution < 1.29 is 27.9 Å². The van der Waals surface area contributed by atoms with E-state index in [1.165, 1.54) is 5.38 Å². The van der Waals surface area contributed by atoms with Crippen molar-refractivity contribution in [1.29, 1.82) is 0 Å². The summed E-state index contributed by atoms with van der Waals surface area (Å²) in [5, 5.41) is 9.93. The molecule has 0 unspecified atom stereocenters. The average molecular weight is 308 g/mol. The summed E-state index contributed by atoms with van der Waals surface area (Å²) in [5.41, 5.74) is 4.83. The van der Waals surface area contributed by atoms with E-state index < -0.39 is 21.9 Å². The van der Waals surface area contributed by atoms with E-state index in [1.807, 2.05) is 0 Å². The highest BCUT2D eigenvalue weighted by Gasteiger charge is 2.17. The second-order valence-corrected chi connectivity index (χ2v) is 6.05. The standard InChI is InChI=1S/C9H12N2O6S2/c10-8(12)4-17-2-1-11-19(15,16)6-3-7(9(13)14)18-5-6/h3,5,11H,1-2,4H2,(H2,10,12)(H,13,14). The maximum absolute atomic E-state index is 11.7. The highest BCUT2D eigenvalue weighted by molar-refractivity contribution is 7.89. The van der Waals surface area contributed by atoms with Gasteiger partial charge in [-0.25, -0.2) is 17.9 Å². The summed E-state index contributed by atoms with van der Waals surface area (Å²) in [4.78, 5) is 20.8. The van der Waals surface area contributed by atoms with Crippen LogP contribution in [0.4, 0.5) is 0 Å². The molecule has 0 aliphatic rings. The lowest BCUT2D eigenvalue weighted by Gasteiger charge is -2.04. The molecule has 0 spiro atoms. The van der Waals surface area contributed by atoms with Crippen molar-refractivity contribution in [3.8, 4) is 0 Å². The quantitative estimate of drug-likeness (QED) is 0.539. The van der Waals surface area contributed by atoms with Crippen molar-refractivity contribution in [1.82, 2.24) is 4.72 Å². The van der Waals surface area contributed by atoms with E-state index in [0.717, 1.165) is 17.4 Å². The monoisotopic (exact) mass is 308 g/mol. The van der Waals surface area contributed by atoms with Crippen molar-refractivity contribution in [3.63, 3.8) is 0 Å². The van der Waals surface area contributed by atoms with E-state index in [1.54, 1.807) is 0 Å². The molecule has 10 heteroatoms. The van der Waals surface area contributed by atoms with E-state index in [2.05, 4.69) is 4.72 Å². The Labute approximate surface area is 113 Å². The van der Waals surface area contributed by atoms with E-state index in [0.29, 0.717) is 0 Å². The van der Waals surface area contributed by atoms with Crippen molar-refractivity contribution in [2.75, 3.05) is 19.8 Å². The number of sulfonamides is 1. The Morgan fingerprint density at radius 2 is 2.16 bits per heavy atom. The Morgan fingerprint density at radius 1 is 1.47 bits per heavy atom. The Kier molecular flexibility index (Phi) is 5.42. The molecule has 1 heterocycles. The number of carbonyl (C=O) groups is 2. The van der Waals surface area contributed by atoms with Gasteiger partial charge in [-0.05, 0) is 6.07 Å². The fourth-order valence-corrected chi connectivity index (χ4v) is 3.20. The number of carbonyl (C=O) groups excluding carboxylic acids is 1. The largest absolute Gasteiger partial charge is 0.477 e. The number of amides is 1. The normalized spacial score (nSPS) is 11.4. The van der Waals surface area contributed by atoms with Crippen molar-refractivity contribution in [2.24, 2.45) is 5.73 Å². The van der Waals surface area contributed by atoms with Gasteiger partial charge in [0.05, 0.1) is 11.5 Å². The third-order valence-electron chi connectivity index (χ3n) is 1.88. The minimum absolute atomic E-state index is 0.0158. The molecule has 1 aromatic heterocycles. The molecular weight excluding hydrogens is 296 g/mol. The average Bonchev–Trinajstić information content (AvgIpc) is 2.77. The van der Waals surface area contributed by atoms with E-state index in [-0.39, 0.29) is 29.5 Å². The molecule has 0 bridgehead atoms. The van der Waals surface area contributed by atoms with Crippen LogP contribution in [0.2, 0.25) is 0 Å². The van der Waals surface area contributed by atoms with Crippen LogP contribution in [0.15, 0.2) is 16.3 Å². The SMILES string of the molecule is NC(=O)COCCNS(=O)(=O)c1csc(C(=O)O)c1. The van der Waals surface area contributed by atoms with Gasteiger partial charge in [-0.2, -0.15) is 0 Å². The number of ether oxygens (including phenoxy) is 1. The van der Waals surface area contributed by atoms with Gasteiger partial charge in [0.25, 0.3) is 0 Å². The summed E-state index contributed by atoms with van der Waals surface area (Å²) in [6, 6.07) is 1.07. The van der Waals surface area contributed by atoms with Gasteiger partial charge in [0.2, 0.25) is 15.9 Å². The first-order valence-corrected chi connectivity index (χ1v) is 7.37. The van der Waals surface area contributed by atoms with Crippen LogP contribution >= 0.6 is 11.3 Å². The number of carboxylic acids is 1. The number of hydrogen-bond acceptors (Lipinski definition) is 6. The third kappa shape index (κ3) is 4.95. The Balaban J connectivity index is 2.51. The topological polar surface area (TPSA) is 136 Å². The van der Waals surface area contributed by atoms with Crippen molar-refractivity contribution in [2.45, 2.75) is 4.90 Å². The van der Waals surface area contributed by atoms with E-state index >= 15 is 0 Å². The lowest BCUT2D eigenvalue weighted by Crippen LogP contribution is -2.28. The minimum atomic E-state index is -3.77. The van der Waals surface area contributed by atoms with E-state index in [4.69, 9.17) is 15.6 Å². The number of hydrogen-bond donors (Lipinski definition) is 3. The summed E-state index contributed by atoms with van der Waals surface area (Å²) < 4.78 is 30.4. The zero-order chi connectivity index (χ0) is 14.5. The van der Waals surface area contributed by atoms with Crippen LogP contribution in [0, 0.1) is 0 Å². The molecule has 1 aromatic rings. The summed E-state index contributed by atoms with van der Waals surface area (Å²) in [5.74, 6) is -1.83. The molecule has 0 saturated carbocycles. The minimum Gasteiger partial charge on any atom is -0.477 e. The maximum atomic E-state index is 11.7. The molecule has 4 N–H and O–H groups in total. The summed E-state index contributed by atoms with van der Waals surface area (Å²) in [6.45, 7) is -0.352. The van der Waals surface area contributed by atoms with Gasteiger partial charge in [0.15, 0.2) is 0 Å². The summed E-state index contributed by atoms with van der Waals surface area (Å²) in [6.07, 6.45) is 0. The molecule has 0 aromatic carbocycles. The van der Waals surface area contributed by atoms with Crippen LogP contribution in [0.5, 0.6) is 0 Å². The Hall–Kier alpha value is -1.49. The van der Waals surface area contributed by atoms with Gasteiger partial charge in [0.1, 0.15) is 11.5 Å². The molecule has 1 rings (SSSR count).